The van der Waals surface area contributed by atoms with Gasteiger partial charge in [0.1, 0.15) is 0 Å². The van der Waals surface area contributed by atoms with Crippen LogP contribution in [0.5, 0.6) is 0 Å². The van der Waals surface area contributed by atoms with Gasteiger partial charge < -0.3 is 0 Å². The molecule has 21 heavy (non-hydrogen) atoms. The highest BCUT2D eigenvalue weighted by molar-refractivity contribution is 6.31. The Bertz CT molecular complexity index is 800. The second-order valence-electron chi connectivity index (χ2n) is 5.30. The van der Waals surface area contributed by atoms with Crippen molar-refractivity contribution in [3.63, 3.8) is 0 Å². The maximum absolute atomic E-state index is 12.4. The smallest absolute Gasteiger partial charge is 0.167 e. The van der Waals surface area contributed by atoms with Gasteiger partial charge >= 0.3 is 0 Å². The number of hydrogen-bond acceptors (Lipinski definition) is 1. The van der Waals surface area contributed by atoms with Gasteiger partial charge in [-0.1, -0.05) is 54.1 Å². The number of rotatable bonds is 3. The van der Waals surface area contributed by atoms with Crippen LogP contribution in [0.25, 0.3) is 10.8 Å². The summed E-state index contributed by atoms with van der Waals surface area (Å²) in [5.74, 6) is 0.0934. The molecule has 0 unspecified atom stereocenters. The molecule has 0 aliphatic carbocycles. The van der Waals surface area contributed by atoms with E-state index in [2.05, 4.69) is 24.3 Å². The lowest BCUT2D eigenvalue weighted by atomic mass is 9.99. The second-order valence-corrected chi connectivity index (χ2v) is 5.74. The Balaban J connectivity index is 1.88. The van der Waals surface area contributed by atoms with Crippen molar-refractivity contribution in [1.82, 2.24) is 0 Å². The molecule has 0 bridgehead atoms. The van der Waals surface area contributed by atoms with Crippen LogP contribution in [0, 0.1) is 6.92 Å². The second kappa shape index (κ2) is 5.71. The molecule has 0 atom stereocenters. The van der Waals surface area contributed by atoms with Crippen molar-refractivity contribution >= 4 is 28.2 Å². The Hall–Kier alpha value is -2.12. The third-order valence-electron chi connectivity index (χ3n) is 3.54. The van der Waals surface area contributed by atoms with Gasteiger partial charge in [0.2, 0.25) is 0 Å². The monoisotopic (exact) mass is 294 g/mol. The van der Waals surface area contributed by atoms with Crippen LogP contribution < -0.4 is 0 Å². The van der Waals surface area contributed by atoms with E-state index in [-0.39, 0.29) is 5.78 Å². The van der Waals surface area contributed by atoms with Gasteiger partial charge in [-0.05, 0) is 47.0 Å². The molecular weight excluding hydrogens is 280 g/mol. The molecule has 0 aliphatic rings. The number of Topliss-reactive ketones (excluding diaryl/α,β-unsaturated/α-hetero) is 1. The molecule has 0 saturated heterocycles. The molecule has 0 heterocycles. The fraction of sp³-hybridized carbons (Fsp3) is 0.105. The number of carbonyl (C=O) groups excluding carboxylic acids is 1. The third-order valence-corrected chi connectivity index (χ3v) is 3.76. The molecular formula is C19H15ClO. The van der Waals surface area contributed by atoms with Crippen molar-refractivity contribution in [1.29, 1.82) is 0 Å². The highest BCUT2D eigenvalue weighted by Gasteiger charge is 2.09. The highest BCUT2D eigenvalue weighted by atomic mass is 35.5. The molecule has 2 heteroatoms. The van der Waals surface area contributed by atoms with Crippen molar-refractivity contribution in [2.24, 2.45) is 0 Å². The van der Waals surface area contributed by atoms with Crippen LogP contribution in [0.4, 0.5) is 0 Å². The zero-order valence-electron chi connectivity index (χ0n) is 11.8. The first-order chi connectivity index (χ1) is 10.1. The summed E-state index contributed by atoms with van der Waals surface area (Å²) in [6.07, 6.45) is 0.393. The van der Waals surface area contributed by atoms with Gasteiger partial charge in [-0.2, -0.15) is 0 Å². The standard InChI is InChI=1S/C19H15ClO/c1-13-8-17(12-18(20)9-13)19(21)11-14-6-7-15-4-2-3-5-16(15)10-14/h2-10,12H,11H2,1H3. The number of fused-ring (bicyclic) bond motifs is 1. The zero-order chi connectivity index (χ0) is 14.8. The van der Waals surface area contributed by atoms with E-state index in [0.29, 0.717) is 17.0 Å². The van der Waals surface area contributed by atoms with Crippen LogP contribution in [0.3, 0.4) is 0 Å². The topological polar surface area (TPSA) is 17.1 Å². The van der Waals surface area contributed by atoms with Crippen LogP contribution in [0.1, 0.15) is 21.5 Å². The molecule has 1 nitrogen and oxygen atoms in total. The quantitative estimate of drug-likeness (QED) is 0.605. The first-order valence-corrected chi connectivity index (χ1v) is 7.28. The number of halogens is 1. The minimum absolute atomic E-state index is 0.0934. The lowest BCUT2D eigenvalue weighted by Crippen LogP contribution is -2.04. The summed E-state index contributed by atoms with van der Waals surface area (Å²) in [6, 6.07) is 19.8. The summed E-state index contributed by atoms with van der Waals surface area (Å²) < 4.78 is 0. The van der Waals surface area contributed by atoms with Gasteiger partial charge in [-0.3, -0.25) is 4.79 Å². The van der Waals surface area contributed by atoms with E-state index in [1.807, 2.05) is 37.3 Å². The molecule has 3 aromatic rings. The Morgan fingerprint density at radius 2 is 1.71 bits per heavy atom. The summed E-state index contributed by atoms with van der Waals surface area (Å²) in [6.45, 7) is 1.94. The van der Waals surface area contributed by atoms with Crippen LogP contribution in [-0.2, 0) is 6.42 Å². The summed E-state index contributed by atoms with van der Waals surface area (Å²) in [5.41, 5.74) is 2.70. The molecule has 3 aromatic carbocycles. The lowest BCUT2D eigenvalue weighted by molar-refractivity contribution is 0.0993. The van der Waals surface area contributed by atoms with Gasteiger partial charge in [0.25, 0.3) is 0 Å². The van der Waals surface area contributed by atoms with E-state index < -0.39 is 0 Å². The zero-order valence-corrected chi connectivity index (χ0v) is 12.5. The van der Waals surface area contributed by atoms with E-state index in [1.165, 1.54) is 5.39 Å². The molecule has 0 saturated carbocycles. The Labute approximate surface area is 129 Å². The van der Waals surface area contributed by atoms with E-state index in [0.717, 1.165) is 16.5 Å². The van der Waals surface area contributed by atoms with Crippen molar-refractivity contribution in [3.05, 3.63) is 82.4 Å². The van der Waals surface area contributed by atoms with E-state index >= 15 is 0 Å². The van der Waals surface area contributed by atoms with E-state index in [9.17, 15) is 4.79 Å². The van der Waals surface area contributed by atoms with Crippen LogP contribution in [-0.4, -0.2) is 5.78 Å². The highest BCUT2D eigenvalue weighted by Crippen LogP contribution is 2.19. The van der Waals surface area contributed by atoms with Crippen LogP contribution >= 0.6 is 11.6 Å². The van der Waals surface area contributed by atoms with E-state index in [4.69, 9.17) is 11.6 Å². The van der Waals surface area contributed by atoms with Crippen LogP contribution in [0.2, 0.25) is 5.02 Å². The molecule has 0 radical (unpaired) electrons. The van der Waals surface area contributed by atoms with E-state index in [1.54, 1.807) is 6.07 Å². The van der Waals surface area contributed by atoms with Crippen molar-refractivity contribution in [3.8, 4) is 0 Å². The first-order valence-electron chi connectivity index (χ1n) is 6.90. The predicted molar refractivity (Wildman–Crippen MR) is 88.2 cm³/mol. The number of benzene rings is 3. The predicted octanol–water partition coefficient (Wildman–Crippen LogP) is 5.23. The largest absolute Gasteiger partial charge is 0.294 e. The number of carbonyl (C=O) groups is 1. The lowest BCUT2D eigenvalue weighted by Gasteiger charge is -2.05. The summed E-state index contributed by atoms with van der Waals surface area (Å²) in [5, 5.41) is 2.95. The minimum atomic E-state index is 0.0934. The normalized spacial score (nSPS) is 10.8. The van der Waals surface area contributed by atoms with Crippen LogP contribution in [0.15, 0.2) is 60.7 Å². The first kappa shape index (κ1) is 13.8. The van der Waals surface area contributed by atoms with Gasteiger partial charge in [-0.25, -0.2) is 0 Å². The van der Waals surface area contributed by atoms with Crippen molar-refractivity contribution in [2.45, 2.75) is 13.3 Å². The molecule has 0 aromatic heterocycles. The Kier molecular flexibility index (Phi) is 3.76. The molecule has 0 fully saturated rings. The fourth-order valence-corrected chi connectivity index (χ4v) is 2.82. The summed E-state index contributed by atoms with van der Waals surface area (Å²) in [4.78, 5) is 12.4. The average Bonchev–Trinajstić information content (AvgIpc) is 2.46. The molecule has 104 valence electrons. The number of aryl methyl sites for hydroxylation is 1. The maximum Gasteiger partial charge on any atom is 0.167 e. The fourth-order valence-electron chi connectivity index (χ4n) is 2.53. The van der Waals surface area contributed by atoms with Gasteiger partial charge in [0.15, 0.2) is 5.78 Å². The van der Waals surface area contributed by atoms with Gasteiger partial charge in [0, 0.05) is 17.0 Å². The molecule has 0 aliphatic heterocycles. The molecule has 3 rings (SSSR count). The number of hydrogen-bond donors (Lipinski definition) is 0. The Morgan fingerprint density at radius 3 is 2.48 bits per heavy atom. The van der Waals surface area contributed by atoms with Crippen molar-refractivity contribution in [2.75, 3.05) is 0 Å². The SMILES string of the molecule is Cc1cc(Cl)cc(C(=O)Cc2ccc3ccccc3c2)c1. The van der Waals surface area contributed by atoms with Gasteiger partial charge in [-0.15, -0.1) is 0 Å². The Morgan fingerprint density at radius 1 is 0.952 bits per heavy atom. The third kappa shape index (κ3) is 3.14. The molecule has 0 N–H and O–H groups in total. The average molecular weight is 295 g/mol. The maximum atomic E-state index is 12.4. The van der Waals surface area contributed by atoms with Crippen molar-refractivity contribution < 1.29 is 4.79 Å². The summed E-state index contributed by atoms with van der Waals surface area (Å²) >= 11 is 6.02. The molecule has 0 amide bonds. The summed E-state index contributed by atoms with van der Waals surface area (Å²) in [7, 11) is 0. The number of ketones is 1. The minimum Gasteiger partial charge on any atom is -0.294 e. The molecule has 0 spiro atoms. The van der Waals surface area contributed by atoms with Gasteiger partial charge in [0.05, 0.1) is 0 Å².